The van der Waals surface area contributed by atoms with Gasteiger partial charge in [-0.15, -0.1) is 0 Å². The molecule has 34 heavy (non-hydrogen) atoms. The molecule has 6 rings (SSSR count). The van der Waals surface area contributed by atoms with E-state index in [-0.39, 0.29) is 12.0 Å². The fourth-order valence-corrected chi connectivity index (χ4v) is 6.26. The van der Waals surface area contributed by atoms with E-state index in [0.717, 1.165) is 42.5 Å². The molecule has 3 atom stereocenters. The first-order chi connectivity index (χ1) is 16.3. The van der Waals surface area contributed by atoms with Crippen LogP contribution in [0, 0.1) is 0 Å². The van der Waals surface area contributed by atoms with Crippen molar-refractivity contribution in [3.63, 3.8) is 0 Å². The fraction of sp³-hybridized carbons (Fsp3) is 0.429. The third kappa shape index (κ3) is 2.84. The number of allylic oxidation sites excluding steroid dienone is 4. The summed E-state index contributed by atoms with van der Waals surface area (Å²) >= 11 is 0. The predicted molar refractivity (Wildman–Crippen MR) is 130 cm³/mol. The van der Waals surface area contributed by atoms with Crippen LogP contribution in [0.4, 0.5) is 4.79 Å². The monoisotopic (exact) mass is 458 g/mol. The van der Waals surface area contributed by atoms with Crippen LogP contribution in [-0.4, -0.2) is 51.9 Å². The Balaban J connectivity index is 1.54. The highest BCUT2D eigenvalue weighted by molar-refractivity contribution is 6.03. The van der Waals surface area contributed by atoms with Crippen LogP contribution in [-0.2, 0) is 19.7 Å². The molecule has 0 N–H and O–H groups in total. The van der Waals surface area contributed by atoms with Gasteiger partial charge in [-0.25, -0.2) is 4.79 Å². The molecule has 0 amide bonds. The number of rotatable bonds is 1. The average Bonchev–Trinajstić information content (AvgIpc) is 3.18. The number of esters is 1. The number of para-hydroxylation sites is 1. The lowest BCUT2D eigenvalue weighted by molar-refractivity contribution is -0.180. The Morgan fingerprint density at radius 3 is 2.76 bits per heavy atom. The molecule has 1 unspecified atom stereocenters. The summed E-state index contributed by atoms with van der Waals surface area (Å²) in [4.78, 5) is 29.5. The molecular weight excluding hydrogens is 428 g/mol. The van der Waals surface area contributed by atoms with Crippen molar-refractivity contribution in [1.29, 1.82) is 0 Å². The Hall–Kier alpha value is -3.12. The molecule has 6 nitrogen and oxygen atoms in total. The predicted octanol–water partition coefficient (Wildman–Crippen LogP) is 4.88. The van der Waals surface area contributed by atoms with Crippen molar-refractivity contribution in [2.75, 3.05) is 13.1 Å². The molecule has 176 valence electrons. The number of hydrogen-bond donors (Lipinski definition) is 0. The number of nitrogens with zero attached hydrogens (tertiary/aromatic N) is 2. The standard InChI is InChI=1S/C28H30N2O4/c1-26(2,3)34-25(32)30-17-20(19-11-6-7-12-21(19)30)27-15-9-4-5-13-22(27)28(33-24(27)31)18-29-16-10-8-14-23(28)29/h4-7,9,11-13,15,17,23H,8,10,14,16,18H2,1-3H3/t23-,27?,28+/m0/s1. The summed E-state index contributed by atoms with van der Waals surface area (Å²) in [5.74, 6) is -0.268. The van der Waals surface area contributed by atoms with Gasteiger partial charge in [0.05, 0.1) is 11.6 Å². The van der Waals surface area contributed by atoms with Crippen molar-refractivity contribution < 1.29 is 19.1 Å². The average molecular weight is 459 g/mol. The Labute approximate surface area is 199 Å². The summed E-state index contributed by atoms with van der Waals surface area (Å²) in [7, 11) is 0. The number of ether oxygens (including phenoxy) is 2. The van der Waals surface area contributed by atoms with Gasteiger partial charge < -0.3 is 9.47 Å². The van der Waals surface area contributed by atoms with E-state index in [2.05, 4.69) is 11.0 Å². The maximum atomic E-state index is 13.9. The molecule has 6 heteroatoms. The van der Waals surface area contributed by atoms with Crippen LogP contribution in [0.25, 0.3) is 10.9 Å². The Bertz CT molecular complexity index is 1290. The van der Waals surface area contributed by atoms with E-state index in [0.29, 0.717) is 5.52 Å². The first-order valence-corrected chi connectivity index (χ1v) is 12.1. The van der Waals surface area contributed by atoms with Crippen LogP contribution in [0.1, 0.15) is 45.6 Å². The van der Waals surface area contributed by atoms with Gasteiger partial charge in [0.15, 0.2) is 5.60 Å². The number of fused-ring (bicyclic) bond motifs is 5. The van der Waals surface area contributed by atoms with Crippen molar-refractivity contribution in [2.45, 2.75) is 62.7 Å². The van der Waals surface area contributed by atoms with Crippen molar-refractivity contribution >= 4 is 23.0 Å². The molecule has 1 spiro atoms. The lowest BCUT2D eigenvalue weighted by Gasteiger charge is -2.57. The lowest BCUT2D eigenvalue weighted by Crippen LogP contribution is -2.71. The van der Waals surface area contributed by atoms with Crippen LogP contribution in [0.15, 0.2) is 66.4 Å². The number of piperidine rings is 1. The number of benzene rings is 1. The SMILES string of the molecule is CC(C)(C)OC(=O)n1cc(C23C=CC=CC=C2[C@@]2(CN4CCCC[C@H]42)OC3=O)c2ccccc21. The Morgan fingerprint density at radius 1 is 1.15 bits per heavy atom. The molecule has 3 aliphatic heterocycles. The van der Waals surface area contributed by atoms with Gasteiger partial charge in [0.1, 0.15) is 11.0 Å². The van der Waals surface area contributed by atoms with Gasteiger partial charge in [0.25, 0.3) is 0 Å². The number of hydrogen-bond acceptors (Lipinski definition) is 5. The maximum Gasteiger partial charge on any atom is 0.419 e. The zero-order chi connectivity index (χ0) is 23.7. The zero-order valence-electron chi connectivity index (χ0n) is 19.9. The molecule has 1 aromatic heterocycles. The van der Waals surface area contributed by atoms with Crippen LogP contribution in [0.3, 0.4) is 0 Å². The van der Waals surface area contributed by atoms with E-state index < -0.39 is 22.7 Å². The van der Waals surface area contributed by atoms with Gasteiger partial charge in [-0.3, -0.25) is 14.3 Å². The maximum absolute atomic E-state index is 13.9. The minimum absolute atomic E-state index is 0.206. The number of carbonyl (C=O) groups excluding carboxylic acids is 2. The van der Waals surface area contributed by atoms with Crippen molar-refractivity contribution in [2.24, 2.45) is 0 Å². The summed E-state index contributed by atoms with van der Waals surface area (Å²) in [6.07, 6.45) is 14.6. The first kappa shape index (κ1) is 21.4. The molecule has 1 aromatic carbocycles. The van der Waals surface area contributed by atoms with Crippen LogP contribution in [0.2, 0.25) is 0 Å². The normalized spacial score (nSPS) is 30.4. The molecule has 2 aromatic rings. The van der Waals surface area contributed by atoms with Crippen LogP contribution >= 0.6 is 0 Å². The number of carbonyl (C=O) groups is 2. The minimum Gasteiger partial charge on any atom is -0.450 e. The summed E-state index contributed by atoms with van der Waals surface area (Å²) < 4.78 is 13.6. The van der Waals surface area contributed by atoms with E-state index in [1.807, 2.05) is 69.3 Å². The highest BCUT2D eigenvalue weighted by Crippen LogP contribution is 2.58. The van der Waals surface area contributed by atoms with Crippen LogP contribution in [0.5, 0.6) is 0 Å². The van der Waals surface area contributed by atoms with Gasteiger partial charge in [-0.05, 0) is 46.2 Å². The van der Waals surface area contributed by atoms with E-state index in [1.54, 1.807) is 6.20 Å². The number of aromatic nitrogens is 1. The molecule has 0 radical (unpaired) electrons. The highest BCUT2D eigenvalue weighted by Gasteiger charge is 2.69. The quantitative estimate of drug-likeness (QED) is 0.570. The van der Waals surface area contributed by atoms with Gasteiger partial charge in [-0.1, -0.05) is 55.0 Å². The second kappa shape index (κ2) is 7.19. The highest BCUT2D eigenvalue weighted by atomic mass is 16.6. The van der Waals surface area contributed by atoms with Crippen molar-refractivity contribution in [3.8, 4) is 0 Å². The third-order valence-corrected chi connectivity index (χ3v) is 7.63. The molecule has 4 heterocycles. The summed E-state index contributed by atoms with van der Waals surface area (Å²) in [6, 6.07) is 7.90. The Kier molecular flexibility index (Phi) is 4.53. The zero-order valence-corrected chi connectivity index (χ0v) is 19.9. The minimum atomic E-state index is -1.08. The largest absolute Gasteiger partial charge is 0.450 e. The third-order valence-electron chi connectivity index (χ3n) is 7.63. The second-order valence-electron chi connectivity index (χ2n) is 10.8. The van der Waals surface area contributed by atoms with E-state index >= 15 is 0 Å². The summed E-state index contributed by atoms with van der Waals surface area (Å²) in [6.45, 7) is 7.32. The lowest BCUT2D eigenvalue weighted by atomic mass is 9.64. The molecule has 3 fully saturated rings. The second-order valence-corrected chi connectivity index (χ2v) is 10.8. The van der Waals surface area contributed by atoms with E-state index in [9.17, 15) is 9.59 Å². The molecular formula is C28H30N2O4. The molecule has 1 aliphatic carbocycles. The molecule has 0 bridgehead atoms. The first-order valence-electron chi connectivity index (χ1n) is 12.1. The van der Waals surface area contributed by atoms with Gasteiger partial charge in [0.2, 0.25) is 0 Å². The van der Waals surface area contributed by atoms with Crippen molar-refractivity contribution in [1.82, 2.24) is 9.47 Å². The van der Waals surface area contributed by atoms with Gasteiger partial charge in [-0.2, -0.15) is 0 Å². The smallest absolute Gasteiger partial charge is 0.419 e. The van der Waals surface area contributed by atoms with Crippen molar-refractivity contribution in [3.05, 3.63) is 72.0 Å². The Morgan fingerprint density at radius 2 is 1.97 bits per heavy atom. The topological polar surface area (TPSA) is 60.8 Å². The summed E-state index contributed by atoms with van der Waals surface area (Å²) in [5, 5.41) is 0.847. The fourth-order valence-electron chi connectivity index (χ4n) is 6.26. The van der Waals surface area contributed by atoms with Crippen LogP contribution < -0.4 is 0 Å². The van der Waals surface area contributed by atoms with Gasteiger partial charge >= 0.3 is 12.1 Å². The van der Waals surface area contributed by atoms with Gasteiger partial charge in [0, 0.05) is 29.3 Å². The molecule has 0 saturated carbocycles. The van der Waals surface area contributed by atoms with E-state index in [4.69, 9.17) is 9.47 Å². The molecule has 4 aliphatic rings. The summed E-state index contributed by atoms with van der Waals surface area (Å²) in [5.41, 5.74) is 0.116. The molecule has 3 saturated heterocycles. The van der Waals surface area contributed by atoms with E-state index in [1.165, 1.54) is 11.0 Å².